The van der Waals surface area contributed by atoms with Crippen molar-refractivity contribution in [3.8, 4) is 22.8 Å². The number of benzene rings is 2. The average Bonchev–Trinajstić information content (AvgIpc) is 3.21. The number of rotatable bonds is 8. The molecule has 3 rings (SSSR count). The first kappa shape index (κ1) is 21.6. The Labute approximate surface area is 181 Å². The van der Waals surface area contributed by atoms with Gasteiger partial charge in [-0.1, -0.05) is 42.0 Å². The smallest absolute Gasteiger partial charge is 0.259 e. The normalized spacial score (nSPS) is 10.9. The van der Waals surface area contributed by atoms with Crippen LogP contribution in [0.1, 0.15) is 23.1 Å². The van der Waals surface area contributed by atoms with Crippen molar-refractivity contribution in [1.82, 2.24) is 9.88 Å². The third-order valence-corrected chi connectivity index (χ3v) is 5.22. The summed E-state index contributed by atoms with van der Waals surface area (Å²) in [5.74, 6) is 1.07. The van der Waals surface area contributed by atoms with Gasteiger partial charge in [-0.2, -0.15) is 0 Å². The SMILES string of the molecule is CCOc1cc(C=Cc2nc(-c3ccc(C)cc3)cs2)ccc1OCC(=O)N(C)C. The van der Waals surface area contributed by atoms with Gasteiger partial charge in [0.05, 0.1) is 12.3 Å². The third kappa shape index (κ3) is 5.70. The van der Waals surface area contributed by atoms with E-state index >= 15 is 0 Å². The molecule has 6 heteroatoms. The highest BCUT2D eigenvalue weighted by Gasteiger charge is 2.10. The van der Waals surface area contributed by atoms with Gasteiger partial charge in [-0.15, -0.1) is 11.3 Å². The molecule has 0 spiro atoms. The molecule has 0 fully saturated rings. The Bertz CT molecular complexity index is 1020. The van der Waals surface area contributed by atoms with E-state index in [1.807, 2.05) is 37.3 Å². The van der Waals surface area contributed by atoms with Crippen molar-refractivity contribution in [2.75, 3.05) is 27.3 Å². The summed E-state index contributed by atoms with van der Waals surface area (Å²) in [6.45, 7) is 4.48. The molecule has 0 unspecified atom stereocenters. The number of thiazole rings is 1. The molecule has 0 radical (unpaired) electrons. The lowest BCUT2D eigenvalue weighted by Gasteiger charge is -2.14. The van der Waals surface area contributed by atoms with Crippen LogP contribution in [-0.4, -0.2) is 43.1 Å². The second kappa shape index (κ2) is 10.1. The van der Waals surface area contributed by atoms with Crippen molar-refractivity contribution < 1.29 is 14.3 Å². The number of aryl methyl sites for hydroxylation is 1. The van der Waals surface area contributed by atoms with Crippen LogP contribution in [0, 0.1) is 6.92 Å². The zero-order chi connectivity index (χ0) is 21.5. The predicted octanol–water partition coefficient (Wildman–Crippen LogP) is 5.15. The number of aromatic nitrogens is 1. The molecular weight excluding hydrogens is 396 g/mol. The number of carbonyl (C=O) groups is 1. The van der Waals surface area contributed by atoms with Crippen molar-refractivity contribution in [2.45, 2.75) is 13.8 Å². The van der Waals surface area contributed by atoms with Crippen LogP contribution < -0.4 is 9.47 Å². The first-order valence-electron chi connectivity index (χ1n) is 9.76. The molecule has 30 heavy (non-hydrogen) atoms. The Morgan fingerprint density at radius 1 is 1.07 bits per heavy atom. The molecule has 2 aromatic carbocycles. The van der Waals surface area contributed by atoms with Crippen LogP contribution in [0.3, 0.4) is 0 Å². The summed E-state index contributed by atoms with van der Waals surface area (Å²) in [4.78, 5) is 18.0. The van der Waals surface area contributed by atoms with Crippen LogP contribution in [-0.2, 0) is 4.79 Å². The first-order valence-corrected chi connectivity index (χ1v) is 10.6. The van der Waals surface area contributed by atoms with Crippen LogP contribution >= 0.6 is 11.3 Å². The van der Waals surface area contributed by atoms with Crippen molar-refractivity contribution in [2.24, 2.45) is 0 Å². The Morgan fingerprint density at radius 2 is 1.83 bits per heavy atom. The summed E-state index contributed by atoms with van der Waals surface area (Å²) in [6.07, 6.45) is 3.98. The molecule has 0 aliphatic carbocycles. The topological polar surface area (TPSA) is 51.7 Å². The van der Waals surface area contributed by atoms with Crippen LogP contribution in [0.15, 0.2) is 47.8 Å². The van der Waals surface area contributed by atoms with Gasteiger partial charge in [-0.3, -0.25) is 4.79 Å². The van der Waals surface area contributed by atoms with Gasteiger partial charge in [0, 0.05) is 25.0 Å². The maximum absolute atomic E-state index is 11.8. The highest BCUT2D eigenvalue weighted by atomic mass is 32.1. The molecule has 1 heterocycles. The number of ether oxygens (including phenoxy) is 2. The molecule has 0 N–H and O–H groups in total. The van der Waals surface area contributed by atoms with Gasteiger partial charge in [-0.25, -0.2) is 4.98 Å². The lowest BCUT2D eigenvalue weighted by atomic mass is 10.1. The highest BCUT2D eigenvalue weighted by molar-refractivity contribution is 7.10. The number of amides is 1. The van der Waals surface area contributed by atoms with Gasteiger partial charge in [0.25, 0.3) is 5.91 Å². The fourth-order valence-electron chi connectivity index (χ4n) is 2.67. The largest absolute Gasteiger partial charge is 0.490 e. The van der Waals surface area contributed by atoms with Crippen molar-refractivity contribution in [3.05, 3.63) is 64.0 Å². The van der Waals surface area contributed by atoms with E-state index in [9.17, 15) is 4.79 Å². The first-order chi connectivity index (χ1) is 14.5. The van der Waals surface area contributed by atoms with E-state index in [0.717, 1.165) is 21.8 Å². The molecule has 1 aromatic heterocycles. The Kier molecular flexibility index (Phi) is 7.25. The molecule has 0 aliphatic heterocycles. The van der Waals surface area contributed by atoms with Crippen molar-refractivity contribution in [3.63, 3.8) is 0 Å². The van der Waals surface area contributed by atoms with E-state index in [0.29, 0.717) is 18.1 Å². The molecule has 0 saturated carbocycles. The van der Waals surface area contributed by atoms with E-state index in [1.165, 1.54) is 10.5 Å². The van der Waals surface area contributed by atoms with Crippen molar-refractivity contribution in [1.29, 1.82) is 0 Å². The van der Waals surface area contributed by atoms with Gasteiger partial charge in [0.2, 0.25) is 0 Å². The molecule has 0 saturated heterocycles. The fourth-order valence-corrected chi connectivity index (χ4v) is 3.39. The monoisotopic (exact) mass is 422 g/mol. The van der Waals surface area contributed by atoms with Gasteiger partial charge in [0.1, 0.15) is 5.01 Å². The van der Waals surface area contributed by atoms with E-state index in [-0.39, 0.29) is 12.5 Å². The van der Waals surface area contributed by atoms with Gasteiger partial charge < -0.3 is 14.4 Å². The fraction of sp³-hybridized carbons (Fsp3) is 0.250. The Hall–Kier alpha value is -3.12. The van der Waals surface area contributed by atoms with Crippen LogP contribution in [0.4, 0.5) is 0 Å². The van der Waals surface area contributed by atoms with E-state index in [1.54, 1.807) is 25.4 Å². The van der Waals surface area contributed by atoms with Crippen molar-refractivity contribution >= 4 is 29.4 Å². The summed E-state index contributed by atoms with van der Waals surface area (Å²) in [5.41, 5.74) is 4.29. The Balaban J connectivity index is 1.73. The van der Waals surface area contributed by atoms with E-state index in [4.69, 9.17) is 14.5 Å². The maximum atomic E-state index is 11.8. The molecule has 3 aromatic rings. The van der Waals surface area contributed by atoms with Gasteiger partial charge in [0.15, 0.2) is 18.1 Å². The predicted molar refractivity (Wildman–Crippen MR) is 123 cm³/mol. The molecule has 0 aliphatic rings. The number of hydrogen-bond donors (Lipinski definition) is 0. The van der Waals surface area contributed by atoms with Crippen LogP contribution in [0.5, 0.6) is 11.5 Å². The van der Waals surface area contributed by atoms with E-state index in [2.05, 4.69) is 36.6 Å². The summed E-state index contributed by atoms with van der Waals surface area (Å²) in [6, 6.07) is 14.0. The lowest BCUT2D eigenvalue weighted by Crippen LogP contribution is -2.27. The minimum atomic E-state index is -0.102. The summed E-state index contributed by atoms with van der Waals surface area (Å²) in [7, 11) is 3.40. The van der Waals surface area contributed by atoms with E-state index < -0.39 is 0 Å². The lowest BCUT2D eigenvalue weighted by molar-refractivity contribution is -0.130. The highest BCUT2D eigenvalue weighted by Crippen LogP contribution is 2.30. The zero-order valence-electron chi connectivity index (χ0n) is 17.7. The minimum Gasteiger partial charge on any atom is -0.490 e. The number of hydrogen-bond acceptors (Lipinski definition) is 5. The van der Waals surface area contributed by atoms with Gasteiger partial charge in [-0.05, 0) is 37.6 Å². The summed E-state index contributed by atoms with van der Waals surface area (Å²) in [5, 5.41) is 3.00. The van der Waals surface area contributed by atoms with Gasteiger partial charge >= 0.3 is 0 Å². The number of nitrogens with zero attached hydrogens (tertiary/aromatic N) is 2. The zero-order valence-corrected chi connectivity index (χ0v) is 18.5. The second-order valence-electron chi connectivity index (χ2n) is 6.99. The Morgan fingerprint density at radius 3 is 2.53 bits per heavy atom. The second-order valence-corrected chi connectivity index (χ2v) is 7.88. The molecule has 0 bridgehead atoms. The molecule has 1 amide bonds. The molecular formula is C24H26N2O3S. The van der Waals surface area contributed by atoms with Crippen LogP contribution in [0.2, 0.25) is 0 Å². The maximum Gasteiger partial charge on any atom is 0.259 e. The quantitative estimate of drug-likeness (QED) is 0.503. The molecule has 0 atom stereocenters. The molecule has 156 valence electrons. The number of carbonyl (C=O) groups excluding carboxylic acids is 1. The number of likely N-dealkylation sites (N-methyl/N-ethyl adjacent to an activating group) is 1. The summed E-state index contributed by atoms with van der Waals surface area (Å²) < 4.78 is 11.3. The molecule has 5 nitrogen and oxygen atoms in total. The average molecular weight is 423 g/mol. The summed E-state index contributed by atoms with van der Waals surface area (Å²) >= 11 is 1.60. The third-order valence-electron chi connectivity index (χ3n) is 4.41. The minimum absolute atomic E-state index is 0.0246. The standard InChI is InChI=1S/C24H26N2O3S/c1-5-28-22-14-18(8-12-21(22)29-15-24(27)26(3)4)9-13-23-25-20(16-30-23)19-10-6-17(2)7-11-19/h6-14,16H,5,15H2,1-4H3. The van der Waals surface area contributed by atoms with Crippen LogP contribution in [0.25, 0.3) is 23.4 Å².